The molecule has 0 saturated carbocycles. The number of guanidine groups is 1. The van der Waals surface area contributed by atoms with Gasteiger partial charge in [-0.3, -0.25) is 9.89 Å². The van der Waals surface area contributed by atoms with Crippen LogP contribution in [0.15, 0.2) is 17.6 Å². The Bertz CT molecular complexity index is 350. The van der Waals surface area contributed by atoms with E-state index in [0.717, 1.165) is 51.9 Å². The molecule has 0 aromatic heterocycles. The summed E-state index contributed by atoms with van der Waals surface area (Å²) in [5, 5.41) is 6.59. The molecule has 2 aliphatic heterocycles. The molecule has 0 amide bonds. The minimum Gasteiger partial charge on any atom is -0.379 e. The Kier molecular flexibility index (Phi) is 6.86. The van der Waals surface area contributed by atoms with E-state index in [-0.39, 0.29) is 5.54 Å². The number of nitrogens with zero attached hydrogens (tertiary/aromatic N) is 2. The summed E-state index contributed by atoms with van der Waals surface area (Å²) >= 11 is 2.05. The lowest BCUT2D eigenvalue weighted by Gasteiger charge is -2.42. The zero-order valence-electron chi connectivity index (χ0n) is 13.1. The fraction of sp³-hybridized carbons (Fsp3) is 0.800. The molecule has 0 aromatic rings. The highest BCUT2D eigenvalue weighted by atomic mass is 32.2. The maximum atomic E-state index is 5.50. The molecule has 0 radical (unpaired) electrons. The van der Waals surface area contributed by atoms with E-state index >= 15 is 0 Å². The van der Waals surface area contributed by atoms with Crippen molar-refractivity contribution in [3.63, 3.8) is 0 Å². The van der Waals surface area contributed by atoms with Crippen LogP contribution in [0, 0.1) is 0 Å². The van der Waals surface area contributed by atoms with Crippen molar-refractivity contribution < 1.29 is 4.74 Å². The molecular formula is C15H28N4OS. The van der Waals surface area contributed by atoms with Gasteiger partial charge in [-0.2, -0.15) is 11.8 Å². The second kappa shape index (κ2) is 8.66. The van der Waals surface area contributed by atoms with Gasteiger partial charge in [0, 0.05) is 31.9 Å². The van der Waals surface area contributed by atoms with Crippen LogP contribution in [0.2, 0.25) is 0 Å². The molecule has 2 aliphatic rings. The number of aliphatic imine (C=N–C) groups is 1. The summed E-state index contributed by atoms with van der Waals surface area (Å²) in [6.45, 7) is 12.1. The third-order valence-electron chi connectivity index (χ3n) is 4.05. The van der Waals surface area contributed by atoms with Gasteiger partial charge in [0.1, 0.15) is 0 Å². The fourth-order valence-electron chi connectivity index (χ4n) is 2.85. The molecule has 0 spiro atoms. The molecule has 0 aromatic carbocycles. The van der Waals surface area contributed by atoms with Gasteiger partial charge in [-0.05, 0) is 19.1 Å². The monoisotopic (exact) mass is 312 g/mol. The minimum atomic E-state index is 0.213. The Morgan fingerprint density at radius 1 is 1.43 bits per heavy atom. The van der Waals surface area contributed by atoms with Crippen LogP contribution in [-0.4, -0.2) is 73.8 Å². The van der Waals surface area contributed by atoms with Crippen molar-refractivity contribution in [3.8, 4) is 0 Å². The maximum absolute atomic E-state index is 5.50. The van der Waals surface area contributed by atoms with Crippen LogP contribution < -0.4 is 10.6 Å². The molecule has 2 heterocycles. The van der Waals surface area contributed by atoms with Gasteiger partial charge in [0.2, 0.25) is 0 Å². The standard InChI is InChI=1S/C15H28N4OS/c1-3-6-17-14(16-4-2)18-12-15(5-11-21-13-15)19-7-9-20-10-8-19/h3H,1,4-13H2,2H3,(H2,16,17,18). The summed E-state index contributed by atoms with van der Waals surface area (Å²) in [6.07, 6.45) is 3.08. The highest BCUT2D eigenvalue weighted by Gasteiger charge is 2.40. The second-order valence-electron chi connectivity index (χ2n) is 5.49. The first-order valence-electron chi connectivity index (χ1n) is 7.84. The zero-order chi connectivity index (χ0) is 15.0. The number of morpholine rings is 1. The lowest BCUT2D eigenvalue weighted by Crippen LogP contribution is -2.56. The number of ether oxygens (including phenoxy) is 1. The lowest BCUT2D eigenvalue weighted by atomic mass is 9.96. The van der Waals surface area contributed by atoms with E-state index in [2.05, 4.69) is 29.0 Å². The van der Waals surface area contributed by atoms with Gasteiger partial charge in [-0.1, -0.05) is 6.08 Å². The average Bonchev–Trinajstić information content (AvgIpc) is 3.01. The molecule has 2 N–H and O–H groups in total. The van der Waals surface area contributed by atoms with E-state index in [1.54, 1.807) is 0 Å². The van der Waals surface area contributed by atoms with Crippen molar-refractivity contribution in [1.82, 2.24) is 15.5 Å². The normalized spacial score (nSPS) is 27.6. The minimum absolute atomic E-state index is 0.213. The van der Waals surface area contributed by atoms with E-state index in [1.807, 2.05) is 17.8 Å². The maximum Gasteiger partial charge on any atom is 0.191 e. The smallest absolute Gasteiger partial charge is 0.191 e. The quantitative estimate of drug-likeness (QED) is 0.434. The van der Waals surface area contributed by atoms with Crippen molar-refractivity contribution in [2.24, 2.45) is 4.99 Å². The Morgan fingerprint density at radius 3 is 2.86 bits per heavy atom. The van der Waals surface area contributed by atoms with Crippen LogP contribution in [0.4, 0.5) is 0 Å². The largest absolute Gasteiger partial charge is 0.379 e. The van der Waals surface area contributed by atoms with Crippen LogP contribution in [0.5, 0.6) is 0 Å². The molecule has 1 unspecified atom stereocenters. The highest BCUT2D eigenvalue weighted by Crippen LogP contribution is 2.34. The predicted molar refractivity (Wildman–Crippen MR) is 91.2 cm³/mol. The average molecular weight is 312 g/mol. The predicted octanol–water partition coefficient (Wildman–Crippen LogP) is 0.935. The number of nitrogens with one attached hydrogen (secondary N) is 2. The van der Waals surface area contributed by atoms with Crippen LogP contribution in [-0.2, 0) is 4.74 Å². The van der Waals surface area contributed by atoms with E-state index in [9.17, 15) is 0 Å². The lowest BCUT2D eigenvalue weighted by molar-refractivity contribution is -0.0104. The number of hydrogen-bond acceptors (Lipinski definition) is 4. The molecule has 2 saturated heterocycles. The van der Waals surface area contributed by atoms with Crippen LogP contribution in [0.1, 0.15) is 13.3 Å². The van der Waals surface area contributed by atoms with Crippen molar-refractivity contribution in [1.29, 1.82) is 0 Å². The first kappa shape index (κ1) is 16.6. The Labute approximate surface area is 132 Å². The van der Waals surface area contributed by atoms with Crippen molar-refractivity contribution in [3.05, 3.63) is 12.7 Å². The Morgan fingerprint density at radius 2 is 2.24 bits per heavy atom. The molecule has 1 atom stereocenters. The Hall–Kier alpha value is -0.720. The molecule has 21 heavy (non-hydrogen) atoms. The summed E-state index contributed by atoms with van der Waals surface area (Å²) in [7, 11) is 0. The van der Waals surface area contributed by atoms with Gasteiger partial charge in [-0.25, -0.2) is 0 Å². The first-order valence-corrected chi connectivity index (χ1v) is 9.00. The summed E-state index contributed by atoms with van der Waals surface area (Å²) in [5.41, 5.74) is 0.213. The molecule has 120 valence electrons. The van der Waals surface area contributed by atoms with Crippen LogP contribution in [0.3, 0.4) is 0 Å². The van der Waals surface area contributed by atoms with Gasteiger partial charge < -0.3 is 15.4 Å². The van der Waals surface area contributed by atoms with Crippen LogP contribution >= 0.6 is 11.8 Å². The summed E-state index contributed by atoms with van der Waals surface area (Å²) in [5.74, 6) is 3.31. The first-order chi connectivity index (χ1) is 10.3. The topological polar surface area (TPSA) is 48.9 Å². The van der Waals surface area contributed by atoms with Gasteiger partial charge in [0.15, 0.2) is 5.96 Å². The summed E-state index contributed by atoms with van der Waals surface area (Å²) in [4.78, 5) is 7.43. The van der Waals surface area contributed by atoms with Crippen molar-refractivity contribution in [2.75, 3.05) is 57.4 Å². The molecule has 6 heteroatoms. The van der Waals surface area contributed by atoms with Crippen LogP contribution in [0.25, 0.3) is 0 Å². The fourth-order valence-corrected chi connectivity index (χ4v) is 4.31. The van der Waals surface area contributed by atoms with Crippen molar-refractivity contribution in [2.45, 2.75) is 18.9 Å². The zero-order valence-corrected chi connectivity index (χ0v) is 13.9. The number of thioether (sulfide) groups is 1. The number of hydrogen-bond donors (Lipinski definition) is 2. The van der Waals surface area contributed by atoms with Gasteiger partial charge in [0.25, 0.3) is 0 Å². The summed E-state index contributed by atoms with van der Waals surface area (Å²) < 4.78 is 5.50. The van der Waals surface area contributed by atoms with Gasteiger partial charge in [0.05, 0.1) is 25.3 Å². The van der Waals surface area contributed by atoms with E-state index in [4.69, 9.17) is 9.73 Å². The summed E-state index contributed by atoms with van der Waals surface area (Å²) in [6, 6.07) is 0. The number of rotatable bonds is 6. The van der Waals surface area contributed by atoms with Gasteiger partial charge in [-0.15, -0.1) is 6.58 Å². The van der Waals surface area contributed by atoms with Crippen molar-refractivity contribution >= 4 is 17.7 Å². The van der Waals surface area contributed by atoms with E-state index in [0.29, 0.717) is 0 Å². The van der Waals surface area contributed by atoms with Gasteiger partial charge >= 0.3 is 0 Å². The molecule has 0 aliphatic carbocycles. The molecule has 5 nitrogen and oxygen atoms in total. The SMILES string of the molecule is C=CCNC(=NCC1(N2CCOCC2)CCSC1)NCC. The second-order valence-corrected chi connectivity index (χ2v) is 6.60. The van der Waals surface area contributed by atoms with E-state index < -0.39 is 0 Å². The molecule has 2 fully saturated rings. The molecule has 0 bridgehead atoms. The Balaban J connectivity index is 2.01. The highest BCUT2D eigenvalue weighted by molar-refractivity contribution is 7.99. The third kappa shape index (κ3) is 4.63. The van der Waals surface area contributed by atoms with E-state index in [1.165, 1.54) is 17.9 Å². The molecule has 2 rings (SSSR count). The molecular weight excluding hydrogens is 284 g/mol. The third-order valence-corrected chi connectivity index (χ3v) is 5.29.